The predicted octanol–water partition coefficient (Wildman–Crippen LogP) is 3.46. The molecule has 0 atom stereocenters. The van der Waals surface area contributed by atoms with Crippen LogP contribution in [0.5, 0.6) is 0 Å². The van der Waals surface area contributed by atoms with Crippen molar-refractivity contribution < 1.29 is 22.7 Å². The minimum absolute atomic E-state index is 0.122. The summed E-state index contributed by atoms with van der Waals surface area (Å²) in [6, 6.07) is 14.8. The molecule has 0 bridgehead atoms. The van der Waals surface area contributed by atoms with Crippen molar-refractivity contribution >= 4 is 27.6 Å². The third-order valence-corrected chi connectivity index (χ3v) is 7.66. The predicted molar refractivity (Wildman–Crippen MR) is 131 cm³/mol. The maximum absolute atomic E-state index is 12.9. The number of piperidine rings is 1. The zero-order chi connectivity index (χ0) is 25.0. The van der Waals surface area contributed by atoms with E-state index in [0.29, 0.717) is 24.3 Å². The van der Waals surface area contributed by atoms with E-state index < -0.39 is 28.5 Å². The second-order valence-corrected chi connectivity index (χ2v) is 10.4. The first kappa shape index (κ1) is 24.6. The van der Waals surface area contributed by atoms with Crippen LogP contribution in [0.1, 0.15) is 41.0 Å². The summed E-state index contributed by atoms with van der Waals surface area (Å²) in [4.78, 5) is 24.8. The molecule has 0 spiro atoms. The van der Waals surface area contributed by atoms with Crippen LogP contribution in [0.2, 0.25) is 0 Å². The van der Waals surface area contributed by atoms with Gasteiger partial charge in [0.05, 0.1) is 21.8 Å². The monoisotopic (exact) mass is 496 g/mol. The highest BCUT2D eigenvalue weighted by atomic mass is 32.2. The van der Waals surface area contributed by atoms with Gasteiger partial charge in [-0.25, -0.2) is 17.9 Å². The van der Waals surface area contributed by atoms with Crippen molar-refractivity contribution in [1.29, 1.82) is 0 Å². The second kappa shape index (κ2) is 10.4. The molecule has 2 heterocycles. The van der Waals surface area contributed by atoms with E-state index in [2.05, 4.69) is 10.4 Å². The molecule has 0 saturated carbocycles. The van der Waals surface area contributed by atoms with Gasteiger partial charge in [0.15, 0.2) is 6.61 Å². The molecule has 1 saturated heterocycles. The Bertz CT molecular complexity index is 1330. The van der Waals surface area contributed by atoms with Crippen molar-refractivity contribution in [2.24, 2.45) is 0 Å². The standard InChI is InChI=1S/C25H28N4O5S/c1-18-15-19(2)29(27-18)22-11-9-20(10-12-22)25(31)34-17-24(30)26-21-7-6-8-23(16-21)35(32,33)28-13-4-3-5-14-28/h6-12,15-16H,3-5,13-14,17H2,1-2H3,(H,26,30). The van der Waals surface area contributed by atoms with Crippen LogP contribution in [0.25, 0.3) is 5.69 Å². The summed E-state index contributed by atoms with van der Waals surface area (Å²) in [5.74, 6) is -1.20. The number of nitrogens with zero attached hydrogens (tertiary/aromatic N) is 3. The summed E-state index contributed by atoms with van der Waals surface area (Å²) >= 11 is 0. The molecule has 4 rings (SSSR count). The zero-order valence-corrected chi connectivity index (χ0v) is 20.5. The highest BCUT2D eigenvalue weighted by Crippen LogP contribution is 2.23. The number of amides is 1. The summed E-state index contributed by atoms with van der Waals surface area (Å²) in [6.45, 7) is 4.35. The number of anilines is 1. The minimum atomic E-state index is -3.62. The fourth-order valence-electron chi connectivity index (χ4n) is 4.03. The Labute approximate surface area is 204 Å². The first-order chi connectivity index (χ1) is 16.7. The van der Waals surface area contributed by atoms with Crippen molar-refractivity contribution in [2.45, 2.75) is 38.0 Å². The summed E-state index contributed by atoms with van der Waals surface area (Å²) < 4.78 is 34.1. The van der Waals surface area contributed by atoms with E-state index in [4.69, 9.17) is 4.74 Å². The Morgan fingerprint density at radius 3 is 2.37 bits per heavy atom. The van der Waals surface area contributed by atoms with E-state index in [-0.39, 0.29) is 4.90 Å². The van der Waals surface area contributed by atoms with Crippen LogP contribution in [-0.2, 0) is 19.6 Å². The highest BCUT2D eigenvalue weighted by Gasteiger charge is 2.26. The van der Waals surface area contributed by atoms with Gasteiger partial charge in [0.25, 0.3) is 5.91 Å². The molecule has 1 aromatic heterocycles. The zero-order valence-electron chi connectivity index (χ0n) is 19.7. The highest BCUT2D eigenvalue weighted by molar-refractivity contribution is 7.89. The lowest BCUT2D eigenvalue weighted by Gasteiger charge is -2.26. The van der Waals surface area contributed by atoms with E-state index in [1.165, 1.54) is 16.4 Å². The number of esters is 1. The van der Waals surface area contributed by atoms with Crippen LogP contribution in [-0.4, -0.2) is 54.1 Å². The normalized spacial score (nSPS) is 14.5. The molecule has 1 aliphatic rings. The van der Waals surface area contributed by atoms with Gasteiger partial charge >= 0.3 is 5.97 Å². The number of sulfonamides is 1. The third kappa shape index (κ3) is 5.77. The van der Waals surface area contributed by atoms with Gasteiger partial charge in [-0.1, -0.05) is 12.5 Å². The molecule has 0 radical (unpaired) electrons. The number of hydrogen-bond acceptors (Lipinski definition) is 6. The number of benzene rings is 2. The molecule has 10 heteroatoms. The maximum atomic E-state index is 12.9. The van der Waals surface area contributed by atoms with Crippen molar-refractivity contribution in [1.82, 2.24) is 14.1 Å². The first-order valence-corrected chi connectivity index (χ1v) is 12.9. The van der Waals surface area contributed by atoms with Gasteiger partial charge in [0.2, 0.25) is 10.0 Å². The average Bonchev–Trinajstić information content (AvgIpc) is 3.21. The summed E-state index contributed by atoms with van der Waals surface area (Å²) in [6.07, 6.45) is 2.70. The quantitative estimate of drug-likeness (QED) is 0.502. The molecule has 3 aromatic rings. The van der Waals surface area contributed by atoms with Gasteiger partial charge in [0.1, 0.15) is 0 Å². The van der Waals surface area contributed by atoms with Crippen LogP contribution in [0.4, 0.5) is 5.69 Å². The van der Waals surface area contributed by atoms with E-state index in [1.807, 2.05) is 19.9 Å². The first-order valence-electron chi connectivity index (χ1n) is 11.4. The number of nitrogens with one attached hydrogen (secondary N) is 1. The maximum Gasteiger partial charge on any atom is 0.338 e. The van der Waals surface area contributed by atoms with E-state index in [9.17, 15) is 18.0 Å². The van der Waals surface area contributed by atoms with Crippen LogP contribution in [0, 0.1) is 13.8 Å². The Morgan fingerprint density at radius 1 is 1.00 bits per heavy atom. The fourth-order valence-corrected chi connectivity index (χ4v) is 5.59. The third-order valence-electron chi connectivity index (χ3n) is 5.76. The number of carbonyl (C=O) groups excluding carboxylic acids is 2. The van der Waals surface area contributed by atoms with Crippen LogP contribution < -0.4 is 5.32 Å². The lowest BCUT2D eigenvalue weighted by molar-refractivity contribution is -0.119. The van der Waals surface area contributed by atoms with Crippen LogP contribution >= 0.6 is 0 Å². The molecule has 184 valence electrons. The van der Waals surface area contributed by atoms with E-state index in [0.717, 1.165) is 36.3 Å². The number of rotatable bonds is 7. The Kier molecular flexibility index (Phi) is 7.32. The van der Waals surface area contributed by atoms with Crippen molar-refractivity contribution in [3.05, 3.63) is 71.5 Å². The number of aromatic nitrogens is 2. The molecule has 1 aliphatic heterocycles. The lowest BCUT2D eigenvalue weighted by atomic mass is 10.2. The summed E-state index contributed by atoms with van der Waals surface area (Å²) in [5.41, 5.74) is 3.30. The van der Waals surface area contributed by atoms with Gasteiger partial charge in [0, 0.05) is 24.5 Å². The van der Waals surface area contributed by atoms with Gasteiger partial charge in [-0.15, -0.1) is 0 Å². The molecule has 1 amide bonds. The molecule has 0 aliphatic carbocycles. The topological polar surface area (TPSA) is 111 Å². The minimum Gasteiger partial charge on any atom is -0.452 e. The summed E-state index contributed by atoms with van der Waals surface area (Å²) in [5, 5.41) is 7.00. The SMILES string of the molecule is Cc1cc(C)n(-c2ccc(C(=O)OCC(=O)Nc3cccc(S(=O)(=O)N4CCCCC4)c3)cc2)n1. The van der Waals surface area contributed by atoms with Gasteiger partial charge in [-0.3, -0.25) is 4.79 Å². The molecular weight excluding hydrogens is 468 g/mol. The molecule has 1 fully saturated rings. The molecule has 9 nitrogen and oxygen atoms in total. The lowest BCUT2D eigenvalue weighted by Crippen LogP contribution is -2.35. The molecule has 2 aromatic carbocycles. The molecular formula is C25H28N4O5S. The number of aryl methyl sites for hydroxylation is 2. The van der Waals surface area contributed by atoms with Crippen molar-refractivity contribution in [2.75, 3.05) is 25.0 Å². The average molecular weight is 497 g/mol. The van der Waals surface area contributed by atoms with E-state index in [1.54, 1.807) is 41.1 Å². The molecule has 1 N–H and O–H groups in total. The number of hydrogen-bond donors (Lipinski definition) is 1. The van der Waals surface area contributed by atoms with Gasteiger partial charge in [-0.2, -0.15) is 9.40 Å². The number of carbonyl (C=O) groups is 2. The second-order valence-electron chi connectivity index (χ2n) is 8.50. The molecule has 0 unspecified atom stereocenters. The van der Waals surface area contributed by atoms with Crippen LogP contribution in [0.15, 0.2) is 59.5 Å². The Morgan fingerprint density at radius 2 is 1.71 bits per heavy atom. The fraction of sp³-hybridized carbons (Fsp3) is 0.320. The van der Waals surface area contributed by atoms with Crippen molar-refractivity contribution in [3.63, 3.8) is 0 Å². The largest absolute Gasteiger partial charge is 0.452 e. The number of ether oxygens (including phenoxy) is 1. The Balaban J connectivity index is 1.34. The Hall–Kier alpha value is -3.50. The molecule has 35 heavy (non-hydrogen) atoms. The summed E-state index contributed by atoms with van der Waals surface area (Å²) in [7, 11) is -3.62. The van der Waals surface area contributed by atoms with Gasteiger partial charge < -0.3 is 10.1 Å². The van der Waals surface area contributed by atoms with Crippen molar-refractivity contribution in [3.8, 4) is 5.69 Å². The van der Waals surface area contributed by atoms with Crippen LogP contribution in [0.3, 0.4) is 0 Å². The van der Waals surface area contributed by atoms with Gasteiger partial charge in [-0.05, 0) is 75.2 Å². The smallest absolute Gasteiger partial charge is 0.338 e. The van der Waals surface area contributed by atoms with E-state index >= 15 is 0 Å².